The molecule has 1 aromatic carbocycles. The molecule has 0 N–H and O–H groups in total. The van der Waals surface area contributed by atoms with Gasteiger partial charge in [-0.2, -0.15) is 61.5 Å². The summed E-state index contributed by atoms with van der Waals surface area (Å²) in [4.78, 5) is 0. The molecule has 0 bridgehead atoms. The van der Waals surface area contributed by atoms with Crippen LogP contribution in [0.25, 0.3) is 0 Å². The van der Waals surface area contributed by atoms with Crippen molar-refractivity contribution in [2.24, 2.45) is 0 Å². The minimum absolute atomic E-state index is 0.0788. The van der Waals surface area contributed by atoms with Crippen molar-refractivity contribution >= 4 is 0 Å². The van der Waals surface area contributed by atoms with E-state index in [0.29, 0.717) is 0 Å². The van der Waals surface area contributed by atoms with Gasteiger partial charge in [0.2, 0.25) is 0 Å². The molecular formula is C14H7F14. The van der Waals surface area contributed by atoms with E-state index in [1.54, 1.807) is 0 Å². The molecule has 0 aliphatic carbocycles. The summed E-state index contributed by atoms with van der Waals surface area (Å²) < 4.78 is 182. The molecule has 0 spiro atoms. The summed E-state index contributed by atoms with van der Waals surface area (Å²) in [5.74, 6) is -26.3. The normalized spacial score (nSPS) is 15.1. The van der Waals surface area contributed by atoms with Crippen LogP contribution in [-0.2, 0) is 18.3 Å². The van der Waals surface area contributed by atoms with Crippen LogP contribution in [0.15, 0.2) is 18.2 Å². The van der Waals surface area contributed by atoms with Crippen LogP contribution in [0.3, 0.4) is 0 Å². The molecule has 0 fully saturated rings. The molecule has 161 valence electrons. The van der Waals surface area contributed by atoms with Gasteiger partial charge in [-0.25, -0.2) is 0 Å². The fourth-order valence-electron chi connectivity index (χ4n) is 2.14. The summed E-state index contributed by atoms with van der Waals surface area (Å²) >= 11 is 0. The van der Waals surface area contributed by atoms with Crippen molar-refractivity contribution in [3.8, 4) is 0 Å². The molecule has 0 amide bonds. The molecule has 14 heteroatoms. The average molecular weight is 441 g/mol. The van der Waals surface area contributed by atoms with E-state index in [1.807, 2.05) is 0 Å². The van der Waals surface area contributed by atoms with E-state index >= 15 is 0 Å². The summed E-state index contributed by atoms with van der Waals surface area (Å²) in [6.07, 6.45) is -15.3. The van der Waals surface area contributed by atoms with Crippen LogP contribution in [0.2, 0.25) is 0 Å². The van der Waals surface area contributed by atoms with E-state index in [2.05, 4.69) is 6.92 Å². The average Bonchev–Trinajstić information content (AvgIpc) is 2.51. The van der Waals surface area contributed by atoms with Gasteiger partial charge in [-0.3, -0.25) is 0 Å². The van der Waals surface area contributed by atoms with Gasteiger partial charge in [0.1, 0.15) is 0 Å². The van der Waals surface area contributed by atoms with E-state index in [4.69, 9.17) is 0 Å². The molecular weight excluding hydrogens is 434 g/mol. The maximum absolute atomic E-state index is 13.8. The van der Waals surface area contributed by atoms with Gasteiger partial charge in [-0.15, -0.1) is 0 Å². The van der Waals surface area contributed by atoms with E-state index in [-0.39, 0.29) is 18.2 Å². The number of alkyl halides is 14. The maximum atomic E-state index is 13.8. The van der Waals surface area contributed by atoms with E-state index in [1.165, 1.54) is 0 Å². The van der Waals surface area contributed by atoms with Crippen molar-refractivity contribution in [2.45, 2.75) is 42.5 Å². The quantitative estimate of drug-likeness (QED) is 0.450. The Morgan fingerprint density at radius 3 is 1.07 bits per heavy atom. The molecule has 28 heavy (non-hydrogen) atoms. The number of halogens is 14. The lowest BCUT2D eigenvalue weighted by molar-refractivity contribution is -0.361. The summed E-state index contributed by atoms with van der Waals surface area (Å²) in [7, 11) is 0. The van der Waals surface area contributed by atoms with Gasteiger partial charge in [0.15, 0.2) is 0 Å². The Balaban J connectivity index is 3.81. The van der Waals surface area contributed by atoms with Gasteiger partial charge in [0, 0.05) is 11.1 Å². The van der Waals surface area contributed by atoms with E-state index in [9.17, 15) is 61.5 Å². The van der Waals surface area contributed by atoms with Gasteiger partial charge < -0.3 is 0 Å². The zero-order chi connectivity index (χ0) is 22.6. The first kappa shape index (κ1) is 24.3. The molecule has 0 unspecified atom stereocenters. The molecule has 0 saturated heterocycles. The van der Waals surface area contributed by atoms with Crippen molar-refractivity contribution in [1.82, 2.24) is 0 Å². The van der Waals surface area contributed by atoms with E-state index < -0.39 is 59.2 Å². The van der Waals surface area contributed by atoms with Crippen molar-refractivity contribution in [2.75, 3.05) is 0 Å². The predicted molar refractivity (Wildman–Crippen MR) is 65.3 cm³/mol. The Morgan fingerprint density at radius 1 is 0.571 bits per heavy atom. The first-order valence-electron chi connectivity index (χ1n) is 6.74. The SMILES string of the molecule is [CH2]Cc1c(C(F)(F)C(F)(F)C(F)(F)F)cccc1C(F)(F)C(F)(F)C(F)(F)F. The van der Waals surface area contributed by atoms with Gasteiger partial charge in [0.25, 0.3) is 0 Å². The van der Waals surface area contributed by atoms with E-state index in [0.717, 1.165) is 0 Å². The Labute approximate surface area is 147 Å². The van der Waals surface area contributed by atoms with Crippen LogP contribution in [-0.4, -0.2) is 24.2 Å². The number of benzene rings is 1. The van der Waals surface area contributed by atoms with Gasteiger partial charge >= 0.3 is 36.0 Å². The summed E-state index contributed by atoms with van der Waals surface area (Å²) in [5.41, 5.74) is -7.04. The highest BCUT2D eigenvalue weighted by atomic mass is 19.4. The highest BCUT2D eigenvalue weighted by molar-refractivity contribution is 5.43. The second kappa shape index (κ2) is 6.65. The van der Waals surface area contributed by atoms with Crippen LogP contribution in [0.1, 0.15) is 16.7 Å². The largest absolute Gasteiger partial charge is 0.460 e. The number of hydrogen-bond donors (Lipinski definition) is 0. The monoisotopic (exact) mass is 441 g/mol. The lowest BCUT2D eigenvalue weighted by Crippen LogP contribution is -2.52. The molecule has 0 aliphatic heterocycles. The molecule has 0 aliphatic rings. The number of rotatable bonds is 5. The second-order valence-electron chi connectivity index (χ2n) is 5.37. The van der Waals surface area contributed by atoms with Crippen molar-refractivity contribution < 1.29 is 61.5 Å². The zero-order valence-electron chi connectivity index (χ0n) is 12.9. The van der Waals surface area contributed by atoms with Crippen molar-refractivity contribution in [1.29, 1.82) is 0 Å². The lowest BCUT2D eigenvalue weighted by Gasteiger charge is -2.33. The van der Waals surface area contributed by atoms with Crippen LogP contribution in [0.5, 0.6) is 0 Å². The lowest BCUT2D eigenvalue weighted by atomic mass is 9.87. The Bertz CT molecular complexity index is 653. The van der Waals surface area contributed by atoms with Crippen molar-refractivity contribution in [3.63, 3.8) is 0 Å². The Hall–Kier alpha value is -1.76. The third-order valence-electron chi connectivity index (χ3n) is 3.60. The molecule has 0 heterocycles. The van der Waals surface area contributed by atoms with Crippen LogP contribution in [0, 0.1) is 6.92 Å². The standard InChI is InChI=1S/C14H7F14/c1-2-6-7(9(15,16)11(19,20)13(23,24)25)4-3-5-8(6)10(17,18)12(21,22)14(26,27)28/h3-5H,1-2H2. The molecule has 0 atom stereocenters. The summed E-state index contributed by atoms with van der Waals surface area (Å²) in [5, 5.41) is 0. The van der Waals surface area contributed by atoms with Gasteiger partial charge in [0.05, 0.1) is 0 Å². The third-order valence-corrected chi connectivity index (χ3v) is 3.60. The minimum Gasteiger partial charge on any atom is -0.194 e. The minimum atomic E-state index is -6.90. The second-order valence-corrected chi connectivity index (χ2v) is 5.37. The first-order valence-corrected chi connectivity index (χ1v) is 6.74. The van der Waals surface area contributed by atoms with Crippen molar-refractivity contribution in [3.05, 3.63) is 41.8 Å². The van der Waals surface area contributed by atoms with Gasteiger partial charge in [-0.05, 0) is 18.9 Å². The Morgan fingerprint density at radius 2 is 0.857 bits per heavy atom. The summed E-state index contributed by atoms with van der Waals surface area (Å²) in [6.45, 7) is 2.67. The molecule has 0 saturated carbocycles. The van der Waals surface area contributed by atoms with Crippen LogP contribution < -0.4 is 0 Å². The first-order chi connectivity index (χ1) is 12.2. The van der Waals surface area contributed by atoms with Gasteiger partial charge in [-0.1, -0.05) is 18.2 Å². The third kappa shape index (κ3) is 3.38. The highest BCUT2D eigenvalue weighted by Gasteiger charge is 2.76. The maximum Gasteiger partial charge on any atom is 0.460 e. The predicted octanol–water partition coefficient (Wildman–Crippen LogP) is 6.64. The van der Waals surface area contributed by atoms with Crippen LogP contribution >= 0.6 is 0 Å². The fourth-order valence-corrected chi connectivity index (χ4v) is 2.14. The molecule has 1 aromatic rings. The molecule has 1 radical (unpaired) electrons. The fraction of sp³-hybridized carbons (Fsp3) is 0.500. The molecule has 1 rings (SSSR count). The smallest absolute Gasteiger partial charge is 0.194 e. The van der Waals surface area contributed by atoms with Crippen LogP contribution in [0.4, 0.5) is 61.5 Å². The molecule has 0 aromatic heterocycles. The summed E-state index contributed by atoms with van der Waals surface area (Å²) in [6, 6.07) is -0.540. The zero-order valence-corrected chi connectivity index (χ0v) is 12.9. The topological polar surface area (TPSA) is 0 Å². The number of hydrogen-bond acceptors (Lipinski definition) is 0. The highest BCUT2D eigenvalue weighted by Crippen LogP contribution is 2.56. The Kier molecular flexibility index (Phi) is 5.76. The molecule has 0 nitrogen and oxygen atoms in total.